The van der Waals surface area contributed by atoms with Crippen LogP contribution in [0.5, 0.6) is 0 Å². The van der Waals surface area contributed by atoms with Crippen molar-refractivity contribution in [3.8, 4) is 0 Å². The Morgan fingerprint density at radius 1 is 1.50 bits per heavy atom. The Hall–Kier alpha value is -1.78. The number of nitrogens with two attached hydrogens (primary N) is 1. The molecule has 100 valence electrons. The molecule has 3 N–H and O–H groups in total. The van der Waals surface area contributed by atoms with E-state index in [1.165, 1.54) is 0 Å². The van der Waals surface area contributed by atoms with Gasteiger partial charge in [-0.05, 0) is 25.8 Å². The van der Waals surface area contributed by atoms with E-state index in [1.807, 2.05) is 27.0 Å². The molecule has 18 heavy (non-hydrogen) atoms. The van der Waals surface area contributed by atoms with Crippen molar-refractivity contribution < 1.29 is 5.21 Å². The molecule has 5 nitrogen and oxygen atoms in total. The third-order valence-electron chi connectivity index (χ3n) is 2.72. The fraction of sp³-hybridized carbons (Fsp3) is 0.538. The van der Waals surface area contributed by atoms with Gasteiger partial charge < -0.3 is 15.8 Å². The van der Waals surface area contributed by atoms with Gasteiger partial charge in [-0.3, -0.25) is 4.98 Å². The molecule has 0 radical (unpaired) electrons. The quantitative estimate of drug-likeness (QED) is 0.370. The molecule has 0 spiro atoms. The number of hydrogen-bond acceptors (Lipinski definition) is 4. The maximum atomic E-state index is 8.89. The number of rotatable bonds is 4. The standard InChI is InChI=1S/C13H22N4O/c1-8(2)7-17(5)11-6-9(3)15-10(4)12(11)13(14)16-18/h6,8,18H,7H2,1-5H3,(H2,14,16). The molecule has 0 aromatic carbocycles. The van der Waals surface area contributed by atoms with E-state index in [-0.39, 0.29) is 5.84 Å². The van der Waals surface area contributed by atoms with Crippen LogP contribution in [-0.2, 0) is 0 Å². The van der Waals surface area contributed by atoms with Crippen molar-refractivity contribution in [1.82, 2.24) is 4.98 Å². The van der Waals surface area contributed by atoms with Crippen molar-refractivity contribution in [2.75, 3.05) is 18.5 Å². The zero-order chi connectivity index (χ0) is 13.9. The van der Waals surface area contributed by atoms with Gasteiger partial charge in [0.25, 0.3) is 0 Å². The zero-order valence-corrected chi connectivity index (χ0v) is 11.7. The Morgan fingerprint density at radius 2 is 2.11 bits per heavy atom. The molecule has 0 fully saturated rings. The lowest BCUT2D eigenvalue weighted by molar-refractivity contribution is 0.318. The summed E-state index contributed by atoms with van der Waals surface area (Å²) in [6.07, 6.45) is 0. The van der Waals surface area contributed by atoms with Crippen LogP contribution in [0.25, 0.3) is 0 Å². The van der Waals surface area contributed by atoms with Crippen molar-refractivity contribution >= 4 is 11.5 Å². The van der Waals surface area contributed by atoms with Gasteiger partial charge in [0, 0.05) is 19.3 Å². The number of aromatic nitrogens is 1. The van der Waals surface area contributed by atoms with Gasteiger partial charge in [-0.1, -0.05) is 19.0 Å². The highest BCUT2D eigenvalue weighted by molar-refractivity contribution is 6.03. The first kappa shape index (κ1) is 14.3. The van der Waals surface area contributed by atoms with E-state index in [0.717, 1.165) is 23.6 Å². The van der Waals surface area contributed by atoms with Gasteiger partial charge in [0.2, 0.25) is 0 Å². The van der Waals surface area contributed by atoms with Crippen molar-refractivity contribution in [3.05, 3.63) is 23.0 Å². The number of aryl methyl sites for hydroxylation is 2. The van der Waals surface area contributed by atoms with Crippen molar-refractivity contribution in [1.29, 1.82) is 0 Å². The van der Waals surface area contributed by atoms with Crippen molar-refractivity contribution in [2.24, 2.45) is 16.8 Å². The molecule has 0 aliphatic rings. The fourth-order valence-corrected chi connectivity index (χ4v) is 2.12. The molecule has 0 amide bonds. The lowest BCUT2D eigenvalue weighted by Gasteiger charge is -2.25. The number of hydrogen-bond donors (Lipinski definition) is 2. The zero-order valence-electron chi connectivity index (χ0n) is 11.7. The van der Waals surface area contributed by atoms with E-state index in [0.29, 0.717) is 11.5 Å². The van der Waals surface area contributed by atoms with Crippen LogP contribution in [0.1, 0.15) is 30.8 Å². The van der Waals surface area contributed by atoms with Gasteiger partial charge in [0.05, 0.1) is 16.9 Å². The summed E-state index contributed by atoms with van der Waals surface area (Å²) in [7, 11) is 2.00. The number of pyridine rings is 1. The first-order valence-corrected chi connectivity index (χ1v) is 6.04. The van der Waals surface area contributed by atoms with Crippen LogP contribution < -0.4 is 10.6 Å². The van der Waals surface area contributed by atoms with Crippen LogP contribution in [0.15, 0.2) is 11.2 Å². The van der Waals surface area contributed by atoms with Gasteiger partial charge in [-0.2, -0.15) is 0 Å². The molecule has 0 saturated heterocycles. The highest BCUT2D eigenvalue weighted by Gasteiger charge is 2.16. The van der Waals surface area contributed by atoms with Crippen LogP contribution in [-0.4, -0.2) is 29.6 Å². The number of nitrogens with zero attached hydrogens (tertiary/aromatic N) is 3. The first-order chi connectivity index (χ1) is 8.36. The molecular formula is C13H22N4O. The fourth-order valence-electron chi connectivity index (χ4n) is 2.12. The molecule has 1 aromatic rings. The van der Waals surface area contributed by atoms with Gasteiger partial charge in [-0.25, -0.2) is 0 Å². The monoisotopic (exact) mass is 250 g/mol. The maximum Gasteiger partial charge on any atom is 0.174 e. The highest BCUT2D eigenvalue weighted by Crippen LogP contribution is 2.23. The van der Waals surface area contributed by atoms with Crippen LogP contribution in [0.3, 0.4) is 0 Å². The average Bonchev–Trinajstić information content (AvgIpc) is 2.26. The smallest absolute Gasteiger partial charge is 0.174 e. The first-order valence-electron chi connectivity index (χ1n) is 6.04. The minimum absolute atomic E-state index is 0.102. The summed E-state index contributed by atoms with van der Waals surface area (Å²) in [6, 6.07) is 1.96. The van der Waals surface area contributed by atoms with E-state index in [2.05, 4.69) is 28.9 Å². The Morgan fingerprint density at radius 3 is 2.61 bits per heavy atom. The summed E-state index contributed by atoms with van der Waals surface area (Å²) in [5.74, 6) is 0.634. The second-order valence-corrected chi connectivity index (χ2v) is 5.00. The van der Waals surface area contributed by atoms with Gasteiger partial charge in [-0.15, -0.1) is 0 Å². The Bertz CT molecular complexity index is 455. The second kappa shape index (κ2) is 5.71. The number of amidine groups is 1. The van der Waals surface area contributed by atoms with Crippen LogP contribution in [0.4, 0.5) is 5.69 Å². The summed E-state index contributed by atoms with van der Waals surface area (Å²) in [5, 5.41) is 12.0. The predicted octanol–water partition coefficient (Wildman–Crippen LogP) is 1.89. The Labute approximate surface area is 108 Å². The van der Waals surface area contributed by atoms with Gasteiger partial charge in [0.1, 0.15) is 0 Å². The molecule has 1 rings (SSSR count). The Balaban J connectivity index is 3.31. The maximum absolute atomic E-state index is 8.89. The third kappa shape index (κ3) is 3.12. The predicted molar refractivity (Wildman–Crippen MR) is 74.3 cm³/mol. The molecule has 0 bridgehead atoms. The Kier molecular flexibility index (Phi) is 4.53. The second-order valence-electron chi connectivity index (χ2n) is 5.00. The molecule has 1 heterocycles. The van der Waals surface area contributed by atoms with E-state index in [4.69, 9.17) is 10.9 Å². The summed E-state index contributed by atoms with van der Waals surface area (Å²) < 4.78 is 0. The van der Waals surface area contributed by atoms with Crippen molar-refractivity contribution in [2.45, 2.75) is 27.7 Å². The largest absolute Gasteiger partial charge is 0.409 e. The summed E-state index contributed by atoms with van der Waals surface area (Å²) >= 11 is 0. The minimum atomic E-state index is 0.102. The molecule has 0 aliphatic carbocycles. The van der Waals surface area contributed by atoms with Crippen LogP contribution in [0.2, 0.25) is 0 Å². The topological polar surface area (TPSA) is 74.7 Å². The lowest BCUT2D eigenvalue weighted by Crippen LogP contribution is -2.27. The van der Waals surface area contributed by atoms with Gasteiger partial charge in [0.15, 0.2) is 5.84 Å². The lowest BCUT2D eigenvalue weighted by atomic mass is 10.1. The molecule has 0 aliphatic heterocycles. The normalized spacial score (nSPS) is 12.0. The molecule has 0 saturated carbocycles. The summed E-state index contributed by atoms with van der Waals surface area (Å²) in [4.78, 5) is 6.48. The molecule has 0 atom stereocenters. The van der Waals surface area contributed by atoms with E-state index in [1.54, 1.807) is 0 Å². The highest BCUT2D eigenvalue weighted by atomic mass is 16.4. The van der Waals surface area contributed by atoms with Crippen LogP contribution in [0, 0.1) is 19.8 Å². The third-order valence-corrected chi connectivity index (χ3v) is 2.72. The van der Waals surface area contributed by atoms with E-state index < -0.39 is 0 Å². The molecule has 0 unspecified atom stereocenters. The van der Waals surface area contributed by atoms with Crippen molar-refractivity contribution in [3.63, 3.8) is 0 Å². The molecule has 1 aromatic heterocycles. The molecular weight excluding hydrogens is 228 g/mol. The average molecular weight is 250 g/mol. The van der Waals surface area contributed by atoms with Crippen LogP contribution >= 0.6 is 0 Å². The molecule has 5 heteroatoms. The van der Waals surface area contributed by atoms with Gasteiger partial charge >= 0.3 is 0 Å². The SMILES string of the molecule is Cc1cc(N(C)CC(C)C)c(/C(N)=N/O)c(C)n1. The number of anilines is 1. The number of oxime groups is 1. The van der Waals surface area contributed by atoms with E-state index >= 15 is 0 Å². The van der Waals surface area contributed by atoms with E-state index in [9.17, 15) is 0 Å². The summed E-state index contributed by atoms with van der Waals surface area (Å²) in [5.41, 5.74) is 9.09. The summed E-state index contributed by atoms with van der Waals surface area (Å²) in [6.45, 7) is 9.01. The minimum Gasteiger partial charge on any atom is -0.409 e.